The van der Waals surface area contributed by atoms with Crippen molar-refractivity contribution in [2.45, 2.75) is 46.2 Å². The molecule has 2 aromatic rings. The van der Waals surface area contributed by atoms with Crippen LogP contribution in [0.1, 0.15) is 37.2 Å². The fraction of sp³-hybridized carbons (Fsp3) is 0.600. The molecule has 0 aromatic carbocycles. The van der Waals surface area contributed by atoms with Crippen LogP contribution < -0.4 is 5.32 Å². The lowest BCUT2D eigenvalue weighted by atomic mass is 10.1. The Morgan fingerprint density at radius 1 is 1.27 bits per heavy atom. The molecule has 0 bridgehead atoms. The number of rotatable bonds is 6. The van der Waals surface area contributed by atoms with Crippen molar-refractivity contribution < 1.29 is 4.79 Å². The van der Waals surface area contributed by atoms with Crippen molar-refractivity contribution in [3.05, 3.63) is 17.0 Å². The van der Waals surface area contributed by atoms with Crippen molar-refractivity contribution in [1.29, 1.82) is 0 Å². The average molecular weight is 321 g/mol. The van der Waals surface area contributed by atoms with Gasteiger partial charge in [-0.1, -0.05) is 25.6 Å². The summed E-state index contributed by atoms with van der Waals surface area (Å²) >= 11 is 1.34. The van der Waals surface area contributed by atoms with Gasteiger partial charge in [0.1, 0.15) is 0 Å². The number of fused-ring (bicyclic) bond motifs is 1. The molecule has 22 heavy (non-hydrogen) atoms. The highest BCUT2D eigenvalue weighted by Crippen LogP contribution is 2.17. The van der Waals surface area contributed by atoms with Crippen LogP contribution in [0.15, 0.2) is 5.16 Å². The van der Waals surface area contributed by atoms with Gasteiger partial charge in [-0.05, 0) is 38.7 Å². The molecular formula is C15H23N5OS. The molecule has 120 valence electrons. The van der Waals surface area contributed by atoms with Gasteiger partial charge in [-0.15, -0.1) is 5.10 Å². The number of nitrogens with zero attached hydrogens (tertiary/aromatic N) is 4. The molecule has 0 saturated heterocycles. The Kier molecular flexibility index (Phi) is 5.39. The standard InChI is InChI=1S/C15H23N5OS/c1-9(2)6-7-16-13(21)8-22-15-18-14-17-11(4)10(3)12(5)20(14)19-15/h9H,6-8H2,1-5H3,(H,16,21). The van der Waals surface area contributed by atoms with Crippen LogP contribution in [0.4, 0.5) is 0 Å². The molecule has 0 saturated carbocycles. The second kappa shape index (κ2) is 7.09. The van der Waals surface area contributed by atoms with E-state index in [0.29, 0.717) is 29.1 Å². The molecule has 0 fully saturated rings. The molecule has 1 N–H and O–H groups in total. The summed E-state index contributed by atoms with van der Waals surface area (Å²) in [6.07, 6.45) is 0.991. The van der Waals surface area contributed by atoms with E-state index in [0.717, 1.165) is 23.4 Å². The maximum atomic E-state index is 11.8. The highest BCUT2D eigenvalue weighted by molar-refractivity contribution is 7.99. The quantitative estimate of drug-likeness (QED) is 0.827. The lowest BCUT2D eigenvalue weighted by Gasteiger charge is -2.05. The third-order valence-corrected chi connectivity index (χ3v) is 4.46. The summed E-state index contributed by atoms with van der Waals surface area (Å²) in [6.45, 7) is 11.0. The lowest BCUT2D eigenvalue weighted by molar-refractivity contribution is -0.118. The number of carbonyl (C=O) groups excluding carboxylic acids is 1. The zero-order valence-electron chi connectivity index (χ0n) is 13.8. The third-order valence-electron chi connectivity index (χ3n) is 3.62. The number of aryl methyl sites for hydroxylation is 2. The zero-order chi connectivity index (χ0) is 16.3. The van der Waals surface area contributed by atoms with Crippen LogP contribution in [0.3, 0.4) is 0 Å². The molecule has 0 aliphatic rings. The highest BCUT2D eigenvalue weighted by atomic mass is 32.2. The molecule has 0 aliphatic carbocycles. The van der Waals surface area contributed by atoms with E-state index < -0.39 is 0 Å². The van der Waals surface area contributed by atoms with Gasteiger partial charge in [0.25, 0.3) is 5.78 Å². The van der Waals surface area contributed by atoms with Gasteiger partial charge in [0.05, 0.1) is 5.75 Å². The molecule has 0 spiro atoms. The summed E-state index contributed by atoms with van der Waals surface area (Å²) in [4.78, 5) is 20.6. The summed E-state index contributed by atoms with van der Waals surface area (Å²) in [5.41, 5.74) is 3.10. The Morgan fingerprint density at radius 3 is 2.68 bits per heavy atom. The van der Waals surface area contributed by atoms with E-state index in [-0.39, 0.29) is 5.91 Å². The third kappa shape index (κ3) is 3.97. The number of amides is 1. The summed E-state index contributed by atoms with van der Waals surface area (Å²) in [5.74, 6) is 1.52. The predicted octanol–water partition coefficient (Wildman–Crippen LogP) is 2.30. The smallest absolute Gasteiger partial charge is 0.253 e. The van der Waals surface area contributed by atoms with E-state index in [1.54, 1.807) is 4.52 Å². The Bertz CT molecular complexity index is 680. The van der Waals surface area contributed by atoms with E-state index in [4.69, 9.17) is 0 Å². The highest BCUT2D eigenvalue weighted by Gasteiger charge is 2.12. The predicted molar refractivity (Wildman–Crippen MR) is 88.2 cm³/mol. The van der Waals surface area contributed by atoms with Crippen molar-refractivity contribution in [3.8, 4) is 0 Å². The number of hydrogen-bond donors (Lipinski definition) is 1. The van der Waals surface area contributed by atoms with Gasteiger partial charge < -0.3 is 5.32 Å². The maximum Gasteiger partial charge on any atom is 0.253 e. The molecule has 6 nitrogen and oxygen atoms in total. The summed E-state index contributed by atoms with van der Waals surface area (Å²) in [7, 11) is 0. The van der Waals surface area contributed by atoms with E-state index in [1.807, 2.05) is 20.8 Å². The molecule has 0 radical (unpaired) electrons. The van der Waals surface area contributed by atoms with Crippen LogP contribution in [0.25, 0.3) is 5.78 Å². The first-order valence-corrected chi connectivity index (χ1v) is 8.47. The van der Waals surface area contributed by atoms with Crippen LogP contribution >= 0.6 is 11.8 Å². The number of hydrogen-bond acceptors (Lipinski definition) is 5. The SMILES string of the molecule is Cc1nc2nc(SCC(=O)NCCC(C)C)nn2c(C)c1C. The number of thioether (sulfide) groups is 1. The van der Waals surface area contributed by atoms with Crippen molar-refractivity contribution in [2.24, 2.45) is 5.92 Å². The fourth-order valence-corrected chi connectivity index (χ4v) is 2.63. The number of carbonyl (C=O) groups is 1. The molecule has 0 atom stereocenters. The van der Waals surface area contributed by atoms with Gasteiger partial charge >= 0.3 is 0 Å². The van der Waals surface area contributed by atoms with Gasteiger partial charge in [0.15, 0.2) is 0 Å². The summed E-state index contributed by atoms with van der Waals surface area (Å²) < 4.78 is 1.74. The summed E-state index contributed by atoms with van der Waals surface area (Å²) in [5, 5.41) is 7.91. The van der Waals surface area contributed by atoms with Gasteiger partial charge in [-0.25, -0.2) is 9.50 Å². The van der Waals surface area contributed by atoms with Crippen molar-refractivity contribution >= 4 is 23.4 Å². The fourth-order valence-electron chi connectivity index (χ4n) is 1.98. The normalized spacial score (nSPS) is 11.4. The van der Waals surface area contributed by atoms with Gasteiger partial charge in [-0.2, -0.15) is 4.98 Å². The first kappa shape index (κ1) is 16.7. The maximum absolute atomic E-state index is 11.8. The second-order valence-electron chi connectivity index (χ2n) is 5.83. The largest absolute Gasteiger partial charge is 0.355 e. The molecule has 2 rings (SSSR count). The van der Waals surface area contributed by atoms with Crippen molar-refractivity contribution in [1.82, 2.24) is 24.9 Å². The van der Waals surface area contributed by atoms with Gasteiger partial charge in [0, 0.05) is 17.9 Å². The van der Waals surface area contributed by atoms with E-state index in [2.05, 4.69) is 34.2 Å². The molecule has 2 aromatic heterocycles. The van der Waals surface area contributed by atoms with Crippen LogP contribution in [-0.4, -0.2) is 37.8 Å². The molecule has 0 unspecified atom stereocenters. The van der Waals surface area contributed by atoms with Crippen LogP contribution in [0.2, 0.25) is 0 Å². The Balaban J connectivity index is 1.98. The van der Waals surface area contributed by atoms with Crippen molar-refractivity contribution in [2.75, 3.05) is 12.3 Å². The van der Waals surface area contributed by atoms with E-state index >= 15 is 0 Å². The summed E-state index contributed by atoms with van der Waals surface area (Å²) in [6, 6.07) is 0. The van der Waals surface area contributed by atoms with Crippen LogP contribution in [0.5, 0.6) is 0 Å². The first-order chi connectivity index (χ1) is 10.4. The van der Waals surface area contributed by atoms with Gasteiger partial charge in [-0.3, -0.25) is 4.79 Å². The minimum atomic E-state index is 0.0153. The zero-order valence-corrected chi connectivity index (χ0v) is 14.6. The second-order valence-corrected chi connectivity index (χ2v) is 6.78. The molecule has 0 aliphatic heterocycles. The first-order valence-electron chi connectivity index (χ1n) is 7.48. The minimum Gasteiger partial charge on any atom is -0.355 e. The van der Waals surface area contributed by atoms with E-state index in [9.17, 15) is 4.79 Å². The van der Waals surface area contributed by atoms with Crippen LogP contribution in [0, 0.1) is 26.7 Å². The Labute approximate surface area is 135 Å². The molecule has 2 heterocycles. The topological polar surface area (TPSA) is 72.2 Å². The number of aromatic nitrogens is 4. The monoisotopic (exact) mass is 321 g/mol. The van der Waals surface area contributed by atoms with Crippen molar-refractivity contribution in [3.63, 3.8) is 0 Å². The van der Waals surface area contributed by atoms with E-state index in [1.165, 1.54) is 11.8 Å². The average Bonchev–Trinajstić information content (AvgIpc) is 2.85. The lowest BCUT2D eigenvalue weighted by Crippen LogP contribution is -2.26. The molecular weight excluding hydrogens is 298 g/mol. The minimum absolute atomic E-state index is 0.0153. The Morgan fingerprint density at radius 2 is 2.00 bits per heavy atom. The molecule has 7 heteroatoms. The molecule has 1 amide bonds. The Hall–Kier alpha value is -1.63. The van der Waals surface area contributed by atoms with Crippen LogP contribution in [-0.2, 0) is 4.79 Å². The van der Waals surface area contributed by atoms with Gasteiger partial charge in [0.2, 0.25) is 11.1 Å². The number of nitrogens with one attached hydrogen (secondary N) is 1.